The van der Waals surface area contributed by atoms with Crippen LogP contribution < -0.4 is 4.74 Å². The van der Waals surface area contributed by atoms with Gasteiger partial charge in [0.1, 0.15) is 29.9 Å². The van der Waals surface area contributed by atoms with Crippen LogP contribution in [0.3, 0.4) is 0 Å². The summed E-state index contributed by atoms with van der Waals surface area (Å²) in [5.41, 5.74) is 1.14. The summed E-state index contributed by atoms with van der Waals surface area (Å²) in [7, 11) is 1.33. The Hall–Kier alpha value is -2.97. The molecule has 0 radical (unpaired) electrons. The summed E-state index contributed by atoms with van der Waals surface area (Å²) in [4.78, 5) is 26.0. The van der Waals surface area contributed by atoms with Crippen molar-refractivity contribution in [2.75, 3.05) is 33.4 Å². The maximum Gasteiger partial charge on any atom is 0.337 e. The minimum absolute atomic E-state index is 0.226. The SMILES string of the molecule is COC(=O)c1ccc(OC2CO[C@H]3CN(C(=O)c4cccc(F)c4C)C[C@@H]3OC2)cc1. The van der Waals surface area contributed by atoms with Gasteiger partial charge in [-0.25, -0.2) is 9.18 Å². The van der Waals surface area contributed by atoms with Crippen LogP contribution in [0.5, 0.6) is 5.75 Å². The molecule has 2 heterocycles. The first-order valence-electron chi connectivity index (χ1n) is 10.1. The average Bonchev–Trinajstić information content (AvgIpc) is 3.11. The summed E-state index contributed by atoms with van der Waals surface area (Å²) in [6, 6.07) is 11.2. The van der Waals surface area contributed by atoms with Gasteiger partial charge >= 0.3 is 5.97 Å². The molecule has 0 spiro atoms. The Morgan fingerprint density at radius 3 is 2.29 bits per heavy atom. The van der Waals surface area contributed by atoms with E-state index in [4.69, 9.17) is 14.2 Å². The van der Waals surface area contributed by atoms with E-state index in [2.05, 4.69) is 4.74 Å². The van der Waals surface area contributed by atoms with Gasteiger partial charge in [0.25, 0.3) is 5.91 Å². The third-order valence-corrected chi connectivity index (χ3v) is 5.57. The second kappa shape index (κ2) is 9.03. The molecule has 2 aromatic rings. The van der Waals surface area contributed by atoms with Gasteiger partial charge in [0.15, 0.2) is 0 Å². The van der Waals surface area contributed by atoms with E-state index >= 15 is 0 Å². The maximum absolute atomic E-state index is 13.8. The lowest BCUT2D eigenvalue weighted by Gasteiger charge is -2.20. The van der Waals surface area contributed by atoms with Crippen molar-refractivity contribution < 1.29 is 32.9 Å². The lowest BCUT2D eigenvalue weighted by Crippen LogP contribution is -2.33. The van der Waals surface area contributed by atoms with Crippen LogP contribution in [0.1, 0.15) is 26.3 Å². The van der Waals surface area contributed by atoms with Gasteiger partial charge in [-0.05, 0) is 48.9 Å². The maximum atomic E-state index is 13.8. The lowest BCUT2D eigenvalue weighted by molar-refractivity contribution is -0.00461. The minimum Gasteiger partial charge on any atom is -0.486 e. The van der Waals surface area contributed by atoms with Crippen LogP contribution in [0.2, 0.25) is 0 Å². The Bertz CT molecular complexity index is 947. The van der Waals surface area contributed by atoms with Crippen molar-refractivity contribution in [3.05, 3.63) is 65.0 Å². The molecule has 0 unspecified atom stereocenters. The van der Waals surface area contributed by atoms with Gasteiger partial charge in [-0.2, -0.15) is 0 Å². The fourth-order valence-electron chi connectivity index (χ4n) is 3.80. The van der Waals surface area contributed by atoms with Crippen molar-refractivity contribution in [3.8, 4) is 5.75 Å². The van der Waals surface area contributed by atoms with Crippen LogP contribution in [0.4, 0.5) is 4.39 Å². The Morgan fingerprint density at radius 2 is 1.68 bits per heavy atom. The molecule has 0 aromatic heterocycles. The molecule has 1 amide bonds. The van der Waals surface area contributed by atoms with E-state index in [0.29, 0.717) is 48.7 Å². The smallest absolute Gasteiger partial charge is 0.337 e. The number of ether oxygens (including phenoxy) is 4. The summed E-state index contributed by atoms with van der Waals surface area (Å²) in [5.74, 6) is -0.439. The summed E-state index contributed by atoms with van der Waals surface area (Å²) in [6.07, 6.45) is -0.856. The standard InChI is InChI=1S/C23H24FNO6/c1-14-18(4-3-5-19(14)24)22(26)25-10-20-21(11-25)30-13-17(12-29-20)31-16-8-6-15(7-9-16)23(27)28-2/h3-9,17,20-21H,10-13H2,1-2H3/t20-,21-/m0/s1. The fraction of sp³-hybridized carbons (Fsp3) is 0.391. The number of carbonyl (C=O) groups is 2. The monoisotopic (exact) mass is 429 g/mol. The Labute approximate surface area is 179 Å². The van der Waals surface area contributed by atoms with Crippen LogP contribution in [0, 0.1) is 12.7 Å². The average molecular weight is 429 g/mol. The molecule has 0 N–H and O–H groups in total. The van der Waals surface area contributed by atoms with Crippen molar-refractivity contribution in [1.29, 1.82) is 0 Å². The van der Waals surface area contributed by atoms with Crippen molar-refractivity contribution in [2.24, 2.45) is 0 Å². The molecule has 8 heteroatoms. The fourth-order valence-corrected chi connectivity index (χ4v) is 3.80. The van der Waals surface area contributed by atoms with E-state index in [1.807, 2.05) is 0 Å². The summed E-state index contributed by atoms with van der Waals surface area (Å²) in [5, 5.41) is 0. The van der Waals surface area contributed by atoms with E-state index < -0.39 is 11.8 Å². The van der Waals surface area contributed by atoms with Crippen LogP contribution in [0.25, 0.3) is 0 Å². The highest BCUT2D eigenvalue weighted by atomic mass is 19.1. The van der Waals surface area contributed by atoms with E-state index in [1.165, 1.54) is 19.2 Å². The second-order valence-electron chi connectivity index (χ2n) is 7.62. The number of nitrogens with zero attached hydrogens (tertiary/aromatic N) is 1. The molecule has 2 fully saturated rings. The molecule has 2 aromatic carbocycles. The van der Waals surface area contributed by atoms with Crippen molar-refractivity contribution in [3.63, 3.8) is 0 Å². The number of esters is 1. The van der Waals surface area contributed by atoms with Gasteiger partial charge in [0, 0.05) is 18.7 Å². The Kier molecular flexibility index (Phi) is 6.20. The van der Waals surface area contributed by atoms with E-state index in [9.17, 15) is 14.0 Å². The van der Waals surface area contributed by atoms with Gasteiger partial charge < -0.3 is 23.8 Å². The number of methoxy groups -OCH3 is 1. The molecule has 2 aliphatic heterocycles. The largest absolute Gasteiger partial charge is 0.486 e. The summed E-state index contributed by atoms with van der Waals surface area (Å²) >= 11 is 0. The van der Waals surface area contributed by atoms with Gasteiger partial charge in [-0.1, -0.05) is 6.07 Å². The predicted octanol–water partition coefficient (Wildman–Crippen LogP) is 2.61. The van der Waals surface area contributed by atoms with Crippen molar-refractivity contribution >= 4 is 11.9 Å². The highest BCUT2D eigenvalue weighted by Gasteiger charge is 2.40. The molecular formula is C23H24FNO6. The molecule has 0 bridgehead atoms. The molecule has 0 saturated carbocycles. The third-order valence-electron chi connectivity index (χ3n) is 5.57. The van der Waals surface area contributed by atoms with Gasteiger partial charge in [0.2, 0.25) is 0 Å². The first-order chi connectivity index (χ1) is 15.0. The highest BCUT2D eigenvalue weighted by molar-refractivity contribution is 5.96. The Balaban J connectivity index is 1.34. The minimum atomic E-state index is -0.409. The molecule has 31 heavy (non-hydrogen) atoms. The van der Waals surface area contributed by atoms with Crippen LogP contribution >= 0.6 is 0 Å². The number of halogens is 1. The van der Waals surface area contributed by atoms with Gasteiger partial charge in [-0.3, -0.25) is 4.79 Å². The van der Waals surface area contributed by atoms with E-state index in [-0.39, 0.29) is 24.2 Å². The first-order valence-corrected chi connectivity index (χ1v) is 10.1. The summed E-state index contributed by atoms with van der Waals surface area (Å²) in [6.45, 7) is 2.96. The van der Waals surface area contributed by atoms with E-state index in [0.717, 1.165) is 0 Å². The number of fused-ring (bicyclic) bond motifs is 1. The molecule has 164 valence electrons. The predicted molar refractivity (Wildman–Crippen MR) is 109 cm³/mol. The number of rotatable bonds is 4. The molecule has 0 aliphatic carbocycles. The summed E-state index contributed by atoms with van der Waals surface area (Å²) < 4.78 is 36.4. The van der Waals surface area contributed by atoms with Crippen molar-refractivity contribution in [1.82, 2.24) is 4.90 Å². The zero-order valence-corrected chi connectivity index (χ0v) is 17.4. The second-order valence-corrected chi connectivity index (χ2v) is 7.62. The third kappa shape index (κ3) is 4.55. The number of hydrogen-bond donors (Lipinski definition) is 0. The number of hydrogen-bond acceptors (Lipinski definition) is 6. The molecule has 2 aliphatic rings. The topological polar surface area (TPSA) is 74.3 Å². The zero-order valence-electron chi connectivity index (χ0n) is 17.4. The molecule has 2 saturated heterocycles. The van der Waals surface area contributed by atoms with Gasteiger partial charge in [-0.15, -0.1) is 0 Å². The Morgan fingerprint density at radius 1 is 1.03 bits per heavy atom. The quantitative estimate of drug-likeness (QED) is 0.696. The molecule has 2 atom stereocenters. The first kappa shape index (κ1) is 21.3. The van der Waals surface area contributed by atoms with Crippen molar-refractivity contribution in [2.45, 2.75) is 25.2 Å². The number of carbonyl (C=O) groups excluding carboxylic acids is 2. The number of likely N-dealkylation sites (tertiary alicyclic amines) is 1. The molecule has 4 rings (SSSR count). The zero-order chi connectivity index (χ0) is 22.0. The normalized spacial score (nSPS) is 21.3. The molecule has 7 nitrogen and oxygen atoms in total. The van der Waals surface area contributed by atoms with Crippen LogP contribution in [-0.4, -0.2) is 68.5 Å². The van der Waals surface area contributed by atoms with Gasteiger partial charge in [0.05, 0.1) is 25.9 Å². The van der Waals surface area contributed by atoms with E-state index in [1.54, 1.807) is 42.2 Å². The number of benzene rings is 2. The van der Waals surface area contributed by atoms with Crippen LogP contribution in [-0.2, 0) is 14.2 Å². The molecular weight excluding hydrogens is 405 g/mol. The number of amides is 1. The lowest BCUT2D eigenvalue weighted by atomic mass is 10.1. The highest BCUT2D eigenvalue weighted by Crippen LogP contribution is 2.25. The van der Waals surface area contributed by atoms with Crippen LogP contribution in [0.15, 0.2) is 42.5 Å².